The number of thioether (sulfide) groups is 1. The summed E-state index contributed by atoms with van der Waals surface area (Å²) in [5.74, 6) is 0.959. The lowest BCUT2D eigenvalue weighted by Gasteiger charge is -2.05. The molecule has 1 aromatic rings. The fraction of sp³-hybridized carbons (Fsp3) is 0.667. The largest absolute Gasteiger partial charge is 0.378 e. The Labute approximate surface area is 93.1 Å². The summed E-state index contributed by atoms with van der Waals surface area (Å²) >= 11 is 3.31. The second-order valence-electron chi connectivity index (χ2n) is 3.19. The number of hydrogen-bond donors (Lipinski definition) is 1. The number of hydrogen-bond acceptors (Lipinski definition) is 5. The van der Waals surface area contributed by atoms with E-state index in [0.717, 1.165) is 18.1 Å². The van der Waals surface area contributed by atoms with E-state index in [4.69, 9.17) is 10.5 Å². The van der Waals surface area contributed by atoms with Gasteiger partial charge in [0.2, 0.25) is 0 Å². The number of rotatable bonds is 5. The molecule has 0 aliphatic rings. The highest BCUT2D eigenvalue weighted by Crippen LogP contribution is 2.30. The minimum Gasteiger partial charge on any atom is -0.378 e. The minimum absolute atomic E-state index is 0.309. The first-order valence-corrected chi connectivity index (χ1v) is 6.37. The van der Waals surface area contributed by atoms with E-state index in [2.05, 4.69) is 4.98 Å². The lowest BCUT2D eigenvalue weighted by molar-refractivity contribution is 0.0920. The van der Waals surface area contributed by atoms with E-state index in [1.807, 2.05) is 20.8 Å². The summed E-state index contributed by atoms with van der Waals surface area (Å²) in [7, 11) is 0. The van der Waals surface area contributed by atoms with Gasteiger partial charge in [0.05, 0.1) is 22.6 Å². The first kappa shape index (κ1) is 11.8. The Hall–Kier alpha value is -0.260. The lowest BCUT2D eigenvalue weighted by Crippen LogP contribution is -2.05. The summed E-state index contributed by atoms with van der Waals surface area (Å²) in [5.41, 5.74) is 6.62. The molecule has 0 aliphatic carbocycles. The average Bonchev–Trinajstić information content (AvgIpc) is 2.39. The quantitative estimate of drug-likeness (QED) is 0.626. The molecule has 0 atom stereocenters. The first-order valence-electron chi connectivity index (χ1n) is 4.57. The first-order chi connectivity index (χ1) is 6.59. The molecule has 80 valence electrons. The molecule has 0 saturated heterocycles. The third kappa shape index (κ3) is 3.86. The number of thiazole rings is 1. The standard InChI is InChI=1S/C9H16N2OS2/c1-6(2)12-4-5-13-8-7(3)11-9(10)14-8/h6H,4-5H2,1-3H3,(H2,10,11). The van der Waals surface area contributed by atoms with Crippen LogP contribution in [0.4, 0.5) is 5.13 Å². The molecule has 3 nitrogen and oxygen atoms in total. The predicted octanol–water partition coefficient (Wildman–Crippen LogP) is 2.55. The zero-order chi connectivity index (χ0) is 10.6. The SMILES string of the molecule is Cc1nc(N)sc1SCCOC(C)C. The number of aryl methyl sites for hydroxylation is 1. The molecule has 0 saturated carbocycles. The van der Waals surface area contributed by atoms with Gasteiger partial charge in [0, 0.05) is 5.75 Å². The number of nitrogens with two attached hydrogens (primary N) is 1. The van der Waals surface area contributed by atoms with E-state index in [1.54, 1.807) is 23.1 Å². The molecule has 1 heterocycles. The second kappa shape index (κ2) is 5.58. The molecule has 0 radical (unpaired) electrons. The fourth-order valence-electron chi connectivity index (χ4n) is 0.955. The molecule has 5 heteroatoms. The summed E-state index contributed by atoms with van der Waals surface area (Å²) < 4.78 is 6.65. The van der Waals surface area contributed by atoms with E-state index in [-0.39, 0.29) is 0 Å². The molecule has 1 aromatic heterocycles. The molecule has 14 heavy (non-hydrogen) atoms. The van der Waals surface area contributed by atoms with E-state index in [0.29, 0.717) is 11.2 Å². The maximum absolute atomic E-state index is 5.59. The van der Waals surface area contributed by atoms with E-state index in [1.165, 1.54) is 4.21 Å². The monoisotopic (exact) mass is 232 g/mol. The van der Waals surface area contributed by atoms with E-state index < -0.39 is 0 Å². The fourth-order valence-corrected chi connectivity index (χ4v) is 2.88. The molecule has 0 fully saturated rings. The highest BCUT2D eigenvalue weighted by Gasteiger charge is 2.05. The third-order valence-electron chi connectivity index (χ3n) is 1.54. The van der Waals surface area contributed by atoms with E-state index in [9.17, 15) is 0 Å². The molecule has 1 rings (SSSR count). The van der Waals surface area contributed by atoms with Crippen LogP contribution in [0.15, 0.2) is 4.21 Å². The van der Waals surface area contributed by atoms with Crippen LogP contribution in [0.2, 0.25) is 0 Å². The van der Waals surface area contributed by atoms with Crippen LogP contribution in [0.1, 0.15) is 19.5 Å². The number of aromatic nitrogens is 1. The van der Waals surface area contributed by atoms with Gasteiger partial charge in [-0.3, -0.25) is 0 Å². The lowest BCUT2D eigenvalue weighted by atomic mass is 10.5. The van der Waals surface area contributed by atoms with Gasteiger partial charge < -0.3 is 10.5 Å². The molecular formula is C9H16N2OS2. The van der Waals surface area contributed by atoms with Gasteiger partial charge in [-0.25, -0.2) is 4.98 Å². The molecule has 0 unspecified atom stereocenters. The van der Waals surface area contributed by atoms with Crippen LogP contribution in [-0.4, -0.2) is 23.4 Å². The minimum atomic E-state index is 0.309. The second-order valence-corrected chi connectivity index (χ2v) is 5.59. The molecule has 0 aliphatic heterocycles. The van der Waals surface area contributed by atoms with Crippen LogP contribution < -0.4 is 5.73 Å². The van der Waals surface area contributed by atoms with Crippen molar-refractivity contribution in [2.75, 3.05) is 18.1 Å². The van der Waals surface area contributed by atoms with Crippen LogP contribution >= 0.6 is 23.1 Å². The smallest absolute Gasteiger partial charge is 0.181 e. The van der Waals surface area contributed by atoms with Crippen molar-refractivity contribution in [1.82, 2.24) is 4.98 Å². The van der Waals surface area contributed by atoms with Crippen LogP contribution in [0.3, 0.4) is 0 Å². The van der Waals surface area contributed by atoms with Crippen molar-refractivity contribution in [2.24, 2.45) is 0 Å². The molecule has 0 aromatic carbocycles. The third-order valence-corrected chi connectivity index (χ3v) is 3.85. The van der Waals surface area contributed by atoms with Crippen molar-refractivity contribution in [3.05, 3.63) is 5.69 Å². The maximum Gasteiger partial charge on any atom is 0.181 e. The maximum atomic E-state index is 5.59. The topological polar surface area (TPSA) is 48.1 Å². The number of nitrogens with zero attached hydrogens (tertiary/aromatic N) is 1. The molecule has 0 bridgehead atoms. The van der Waals surface area contributed by atoms with Gasteiger partial charge in [-0.1, -0.05) is 11.3 Å². The Kier molecular flexibility index (Phi) is 4.71. The number of anilines is 1. The van der Waals surface area contributed by atoms with Crippen molar-refractivity contribution in [1.29, 1.82) is 0 Å². The van der Waals surface area contributed by atoms with Gasteiger partial charge in [0.1, 0.15) is 0 Å². The molecular weight excluding hydrogens is 216 g/mol. The van der Waals surface area contributed by atoms with Gasteiger partial charge >= 0.3 is 0 Å². The van der Waals surface area contributed by atoms with Crippen LogP contribution in [-0.2, 0) is 4.74 Å². The van der Waals surface area contributed by atoms with Gasteiger partial charge in [-0.2, -0.15) is 0 Å². The van der Waals surface area contributed by atoms with Gasteiger partial charge in [-0.05, 0) is 20.8 Å². The normalized spacial score (nSPS) is 11.1. The van der Waals surface area contributed by atoms with Crippen molar-refractivity contribution < 1.29 is 4.74 Å². The van der Waals surface area contributed by atoms with Crippen LogP contribution in [0.5, 0.6) is 0 Å². The Balaban J connectivity index is 2.28. The Morgan fingerprint density at radius 3 is 2.79 bits per heavy atom. The van der Waals surface area contributed by atoms with Gasteiger partial charge in [-0.15, -0.1) is 11.8 Å². The van der Waals surface area contributed by atoms with E-state index >= 15 is 0 Å². The highest BCUT2D eigenvalue weighted by molar-refractivity contribution is 8.01. The number of nitrogen functional groups attached to an aromatic ring is 1. The Morgan fingerprint density at radius 1 is 1.57 bits per heavy atom. The van der Waals surface area contributed by atoms with Crippen LogP contribution in [0, 0.1) is 6.92 Å². The molecule has 0 amide bonds. The summed E-state index contributed by atoms with van der Waals surface area (Å²) in [6.45, 7) is 6.85. The summed E-state index contributed by atoms with van der Waals surface area (Å²) in [4.78, 5) is 4.16. The van der Waals surface area contributed by atoms with Crippen molar-refractivity contribution >= 4 is 28.2 Å². The predicted molar refractivity (Wildman–Crippen MR) is 63.1 cm³/mol. The number of ether oxygens (including phenoxy) is 1. The van der Waals surface area contributed by atoms with Crippen molar-refractivity contribution in [2.45, 2.75) is 31.1 Å². The summed E-state index contributed by atoms with van der Waals surface area (Å²) in [6.07, 6.45) is 0.309. The molecule has 2 N–H and O–H groups in total. The van der Waals surface area contributed by atoms with Gasteiger partial charge in [0.25, 0.3) is 0 Å². The Bertz CT molecular complexity index is 286. The summed E-state index contributed by atoms with van der Waals surface area (Å²) in [5, 5.41) is 0.648. The zero-order valence-corrected chi connectivity index (χ0v) is 10.4. The molecule has 0 spiro atoms. The zero-order valence-electron chi connectivity index (χ0n) is 8.74. The summed E-state index contributed by atoms with van der Waals surface area (Å²) in [6, 6.07) is 0. The average molecular weight is 232 g/mol. The van der Waals surface area contributed by atoms with Crippen molar-refractivity contribution in [3.63, 3.8) is 0 Å². The van der Waals surface area contributed by atoms with Crippen molar-refractivity contribution in [3.8, 4) is 0 Å². The highest BCUT2D eigenvalue weighted by atomic mass is 32.2. The van der Waals surface area contributed by atoms with Gasteiger partial charge in [0.15, 0.2) is 5.13 Å². The Morgan fingerprint density at radius 2 is 2.29 bits per heavy atom. The van der Waals surface area contributed by atoms with Crippen LogP contribution in [0.25, 0.3) is 0 Å².